The highest BCUT2D eigenvalue weighted by atomic mass is 16.5. The molecule has 0 bridgehead atoms. The van der Waals surface area contributed by atoms with Gasteiger partial charge in [-0.15, -0.1) is 0 Å². The molecule has 0 amide bonds. The van der Waals surface area contributed by atoms with Gasteiger partial charge in [0.2, 0.25) is 0 Å². The van der Waals surface area contributed by atoms with E-state index in [1.807, 2.05) is 24.3 Å². The van der Waals surface area contributed by atoms with E-state index in [9.17, 15) is 4.79 Å². The summed E-state index contributed by atoms with van der Waals surface area (Å²) in [5.74, 6) is 0.174. The van der Waals surface area contributed by atoms with Gasteiger partial charge in [-0.05, 0) is 49.5 Å². The quantitative estimate of drug-likeness (QED) is 0.840. The molecule has 0 atom stereocenters. The number of methoxy groups -OCH3 is 1. The SMILES string of the molecule is COC(=O)c1ccc(CN2CCC(CO)CC2)cc1. The monoisotopic (exact) mass is 263 g/mol. The zero-order chi connectivity index (χ0) is 13.7. The molecule has 1 fully saturated rings. The summed E-state index contributed by atoms with van der Waals surface area (Å²) in [5, 5.41) is 9.11. The molecule has 2 rings (SSSR count). The predicted molar refractivity (Wildman–Crippen MR) is 72.9 cm³/mol. The maximum absolute atomic E-state index is 11.3. The van der Waals surface area contributed by atoms with Gasteiger partial charge in [-0.1, -0.05) is 12.1 Å². The molecule has 1 aliphatic heterocycles. The molecule has 104 valence electrons. The van der Waals surface area contributed by atoms with Gasteiger partial charge < -0.3 is 9.84 Å². The zero-order valence-corrected chi connectivity index (χ0v) is 11.3. The fourth-order valence-corrected chi connectivity index (χ4v) is 2.45. The van der Waals surface area contributed by atoms with E-state index in [-0.39, 0.29) is 5.97 Å². The second-order valence-electron chi connectivity index (χ2n) is 5.09. The molecule has 1 heterocycles. The number of benzene rings is 1. The maximum atomic E-state index is 11.3. The topological polar surface area (TPSA) is 49.8 Å². The van der Waals surface area contributed by atoms with Gasteiger partial charge in [-0.25, -0.2) is 4.79 Å². The molecule has 1 N–H and O–H groups in total. The summed E-state index contributed by atoms with van der Waals surface area (Å²) in [7, 11) is 1.39. The molecule has 0 aromatic heterocycles. The maximum Gasteiger partial charge on any atom is 0.337 e. The van der Waals surface area contributed by atoms with Gasteiger partial charge in [0, 0.05) is 13.2 Å². The molecule has 1 aliphatic rings. The Morgan fingerprint density at radius 1 is 1.32 bits per heavy atom. The number of hydrogen-bond acceptors (Lipinski definition) is 4. The highest BCUT2D eigenvalue weighted by Gasteiger charge is 2.18. The Kier molecular flexibility index (Phi) is 4.93. The minimum Gasteiger partial charge on any atom is -0.465 e. The highest BCUT2D eigenvalue weighted by molar-refractivity contribution is 5.89. The van der Waals surface area contributed by atoms with Crippen LogP contribution in [0.3, 0.4) is 0 Å². The van der Waals surface area contributed by atoms with Gasteiger partial charge >= 0.3 is 5.97 Å². The Morgan fingerprint density at radius 2 is 1.95 bits per heavy atom. The molecule has 1 saturated heterocycles. The summed E-state index contributed by atoms with van der Waals surface area (Å²) >= 11 is 0. The second-order valence-corrected chi connectivity index (χ2v) is 5.09. The average molecular weight is 263 g/mol. The number of rotatable bonds is 4. The standard InChI is InChI=1S/C15H21NO3/c1-19-15(18)14-4-2-12(3-5-14)10-16-8-6-13(11-17)7-9-16/h2-5,13,17H,6-11H2,1H3. The number of carbonyl (C=O) groups excluding carboxylic acids is 1. The van der Waals surface area contributed by atoms with Crippen molar-refractivity contribution in [3.63, 3.8) is 0 Å². The second kappa shape index (κ2) is 6.68. The molecule has 1 aromatic rings. The molecular formula is C15H21NO3. The van der Waals surface area contributed by atoms with Crippen molar-refractivity contribution in [1.29, 1.82) is 0 Å². The van der Waals surface area contributed by atoms with Gasteiger partial charge in [0.1, 0.15) is 0 Å². The van der Waals surface area contributed by atoms with Crippen LogP contribution in [0.15, 0.2) is 24.3 Å². The van der Waals surface area contributed by atoms with Crippen molar-refractivity contribution in [2.45, 2.75) is 19.4 Å². The van der Waals surface area contributed by atoms with Crippen LogP contribution in [0.25, 0.3) is 0 Å². The van der Waals surface area contributed by atoms with Crippen molar-refractivity contribution in [1.82, 2.24) is 4.90 Å². The van der Waals surface area contributed by atoms with Crippen molar-refractivity contribution in [2.75, 3.05) is 26.8 Å². The number of hydrogen-bond donors (Lipinski definition) is 1. The zero-order valence-electron chi connectivity index (χ0n) is 11.3. The third kappa shape index (κ3) is 3.78. The number of ether oxygens (including phenoxy) is 1. The van der Waals surface area contributed by atoms with E-state index in [2.05, 4.69) is 9.64 Å². The van der Waals surface area contributed by atoms with Crippen LogP contribution in [0, 0.1) is 5.92 Å². The molecule has 0 radical (unpaired) electrons. The van der Waals surface area contributed by atoms with Gasteiger partial charge in [-0.2, -0.15) is 0 Å². The van der Waals surface area contributed by atoms with E-state index in [0.717, 1.165) is 32.5 Å². The number of nitrogens with zero attached hydrogens (tertiary/aromatic N) is 1. The lowest BCUT2D eigenvalue weighted by atomic mass is 9.97. The number of piperidine rings is 1. The van der Waals surface area contributed by atoms with Crippen LogP contribution >= 0.6 is 0 Å². The van der Waals surface area contributed by atoms with Gasteiger partial charge in [0.05, 0.1) is 12.7 Å². The predicted octanol–water partition coefficient (Wildman–Crippen LogP) is 1.68. The number of esters is 1. The molecule has 0 spiro atoms. The Bertz CT molecular complexity index is 408. The van der Waals surface area contributed by atoms with Crippen molar-refractivity contribution in [3.05, 3.63) is 35.4 Å². The Morgan fingerprint density at radius 3 is 2.47 bits per heavy atom. The van der Waals surface area contributed by atoms with Gasteiger partial charge in [0.15, 0.2) is 0 Å². The van der Waals surface area contributed by atoms with Crippen LogP contribution in [-0.2, 0) is 11.3 Å². The first kappa shape index (κ1) is 14.0. The fraction of sp³-hybridized carbons (Fsp3) is 0.533. The third-order valence-electron chi connectivity index (χ3n) is 3.75. The summed E-state index contributed by atoms with van der Waals surface area (Å²) in [6.07, 6.45) is 2.13. The molecule has 4 heteroatoms. The van der Waals surface area contributed by atoms with Crippen LogP contribution in [-0.4, -0.2) is 42.8 Å². The van der Waals surface area contributed by atoms with Gasteiger partial charge in [0.25, 0.3) is 0 Å². The third-order valence-corrected chi connectivity index (χ3v) is 3.75. The van der Waals surface area contributed by atoms with E-state index in [1.165, 1.54) is 12.7 Å². The number of carbonyl (C=O) groups is 1. The average Bonchev–Trinajstić information content (AvgIpc) is 2.48. The van der Waals surface area contributed by atoms with E-state index in [1.54, 1.807) is 0 Å². The van der Waals surface area contributed by atoms with Crippen LogP contribution in [0.5, 0.6) is 0 Å². The van der Waals surface area contributed by atoms with Crippen LogP contribution in [0.1, 0.15) is 28.8 Å². The summed E-state index contributed by atoms with van der Waals surface area (Å²) in [4.78, 5) is 13.7. The summed E-state index contributed by atoms with van der Waals surface area (Å²) in [5.41, 5.74) is 1.79. The van der Waals surface area contributed by atoms with Crippen LogP contribution < -0.4 is 0 Å². The molecule has 1 aromatic carbocycles. The van der Waals surface area contributed by atoms with Crippen molar-refractivity contribution in [3.8, 4) is 0 Å². The Labute approximate surface area is 114 Å². The summed E-state index contributed by atoms with van der Waals surface area (Å²) in [6, 6.07) is 7.57. The minimum absolute atomic E-state index is 0.296. The van der Waals surface area contributed by atoms with Crippen molar-refractivity contribution < 1.29 is 14.6 Å². The number of aliphatic hydroxyl groups is 1. The molecule has 0 saturated carbocycles. The first-order chi connectivity index (χ1) is 9.22. The fourth-order valence-electron chi connectivity index (χ4n) is 2.45. The van der Waals surface area contributed by atoms with Crippen molar-refractivity contribution >= 4 is 5.97 Å². The van der Waals surface area contributed by atoms with Crippen molar-refractivity contribution in [2.24, 2.45) is 5.92 Å². The smallest absolute Gasteiger partial charge is 0.337 e. The molecule has 0 aliphatic carbocycles. The largest absolute Gasteiger partial charge is 0.465 e. The Balaban J connectivity index is 1.88. The number of aliphatic hydroxyl groups excluding tert-OH is 1. The lowest BCUT2D eigenvalue weighted by molar-refractivity contribution is 0.0600. The van der Waals surface area contributed by atoms with Crippen LogP contribution in [0.4, 0.5) is 0 Å². The van der Waals surface area contributed by atoms with E-state index < -0.39 is 0 Å². The van der Waals surface area contributed by atoms with E-state index in [0.29, 0.717) is 18.1 Å². The highest BCUT2D eigenvalue weighted by Crippen LogP contribution is 2.18. The number of likely N-dealkylation sites (tertiary alicyclic amines) is 1. The van der Waals surface area contributed by atoms with E-state index >= 15 is 0 Å². The molecular weight excluding hydrogens is 242 g/mol. The van der Waals surface area contributed by atoms with E-state index in [4.69, 9.17) is 5.11 Å². The molecule has 19 heavy (non-hydrogen) atoms. The lowest BCUT2D eigenvalue weighted by Gasteiger charge is -2.31. The molecule has 0 unspecified atom stereocenters. The normalized spacial score (nSPS) is 17.4. The first-order valence-corrected chi connectivity index (χ1v) is 6.73. The minimum atomic E-state index is -0.296. The Hall–Kier alpha value is -1.39. The molecule has 4 nitrogen and oxygen atoms in total. The lowest BCUT2D eigenvalue weighted by Crippen LogP contribution is -2.34. The van der Waals surface area contributed by atoms with Crippen LogP contribution in [0.2, 0.25) is 0 Å². The summed E-state index contributed by atoms with van der Waals surface area (Å²) < 4.78 is 4.68. The first-order valence-electron chi connectivity index (χ1n) is 6.73. The summed E-state index contributed by atoms with van der Waals surface area (Å²) in [6.45, 7) is 3.27. The van der Waals surface area contributed by atoms with Gasteiger partial charge in [-0.3, -0.25) is 4.90 Å².